The monoisotopic (exact) mass is 412 g/mol. The summed E-state index contributed by atoms with van der Waals surface area (Å²) >= 11 is 17.4. The highest BCUT2D eigenvalue weighted by molar-refractivity contribution is 6.37. The Bertz CT molecular complexity index is 771. The van der Waals surface area contributed by atoms with Crippen LogP contribution in [-0.4, -0.2) is 16.5 Å². The standard InChI is InChI=1S/C16H10Cl3F3O3/c17-11-6-9(16(20,21)22)7-12(18)14(11)25-10-3-1-2-8(4-10)5-13(19)15(23)24/h1-4,6-7,13H,5H2,(H,23,24). The molecule has 0 aliphatic carbocycles. The van der Waals surface area contributed by atoms with Crippen molar-refractivity contribution >= 4 is 40.8 Å². The van der Waals surface area contributed by atoms with Gasteiger partial charge in [0.25, 0.3) is 0 Å². The van der Waals surface area contributed by atoms with Gasteiger partial charge in [-0.15, -0.1) is 11.6 Å². The lowest BCUT2D eigenvalue weighted by atomic mass is 10.1. The maximum absolute atomic E-state index is 12.7. The van der Waals surface area contributed by atoms with Crippen LogP contribution in [0, 0.1) is 0 Å². The fourth-order valence-electron chi connectivity index (χ4n) is 1.97. The molecule has 0 aliphatic heterocycles. The highest BCUT2D eigenvalue weighted by atomic mass is 35.5. The van der Waals surface area contributed by atoms with Crippen molar-refractivity contribution in [3.63, 3.8) is 0 Å². The van der Waals surface area contributed by atoms with E-state index in [-0.39, 0.29) is 28.0 Å². The van der Waals surface area contributed by atoms with Gasteiger partial charge < -0.3 is 9.84 Å². The van der Waals surface area contributed by atoms with E-state index in [1.165, 1.54) is 12.1 Å². The molecule has 0 bridgehead atoms. The number of carboxylic acids is 1. The van der Waals surface area contributed by atoms with Gasteiger partial charge in [0.1, 0.15) is 11.1 Å². The van der Waals surface area contributed by atoms with Crippen LogP contribution in [0.25, 0.3) is 0 Å². The molecule has 0 aliphatic rings. The molecule has 3 nitrogen and oxygen atoms in total. The van der Waals surface area contributed by atoms with Crippen molar-refractivity contribution in [2.75, 3.05) is 0 Å². The first-order chi connectivity index (χ1) is 11.6. The van der Waals surface area contributed by atoms with Gasteiger partial charge in [-0.25, -0.2) is 0 Å². The van der Waals surface area contributed by atoms with Crippen LogP contribution >= 0.6 is 34.8 Å². The van der Waals surface area contributed by atoms with E-state index in [4.69, 9.17) is 44.6 Å². The maximum Gasteiger partial charge on any atom is 0.416 e. The summed E-state index contributed by atoms with van der Waals surface area (Å²) in [5, 5.41) is 7.11. The number of benzene rings is 2. The van der Waals surface area contributed by atoms with E-state index in [9.17, 15) is 18.0 Å². The summed E-state index contributed by atoms with van der Waals surface area (Å²) in [5.74, 6) is -1.06. The summed E-state index contributed by atoms with van der Waals surface area (Å²) in [6.45, 7) is 0. The Morgan fingerprint density at radius 2 is 1.76 bits per heavy atom. The number of hydrogen-bond acceptors (Lipinski definition) is 2. The quantitative estimate of drug-likeness (QED) is 0.608. The van der Waals surface area contributed by atoms with Crippen LogP contribution in [0.5, 0.6) is 11.5 Å². The van der Waals surface area contributed by atoms with Gasteiger partial charge in [0.2, 0.25) is 0 Å². The molecule has 2 aromatic rings. The second kappa shape index (κ2) is 7.72. The van der Waals surface area contributed by atoms with Crippen LogP contribution in [0.2, 0.25) is 10.0 Å². The van der Waals surface area contributed by atoms with Gasteiger partial charge in [0, 0.05) is 0 Å². The zero-order valence-corrected chi connectivity index (χ0v) is 14.5. The van der Waals surface area contributed by atoms with Crippen LogP contribution in [0.15, 0.2) is 36.4 Å². The third kappa shape index (κ3) is 5.17. The molecule has 0 saturated heterocycles. The SMILES string of the molecule is O=C(O)C(Cl)Cc1cccc(Oc2c(Cl)cc(C(F)(F)F)cc2Cl)c1. The number of carbonyl (C=O) groups is 1. The fourth-order valence-corrected chi connectivity index (χ4v) is 2.71. The van der Waals surface area contributed by atoms with Gasteiger partial charge in [0.05, 0.1) is 15.6 Å². The molecule has 0 saturated carbocycles. The van der Waals surface area contributed by atoms with E-state index >= 15 is 0 Å². The van der Waals surface area contributed by atoms with Crippen molar-refractivity contribution in [2.45, 2.75) is 18.0 Å². The second-order valence-electron chi connectivity index (χ2n) is 5.03. The van der Waals surface area contributed by atoms with Gasteiger partial charge in [-0.2, -0.15) is 13.2 Å². The van der Waals surface area contributed by atoms with Gasteiger partial charge >= 0.3 is 12.1 Å². The second-order valence-corrected chi connectivity index (χ2v) is 6.37. The van der Waals surface area contributed by atoms with E-state index in [1.807, 2.05) is 0 Å². The summed E-state index contributed by atoms with van der Waals surface area (Å²) in [7, 11) is 0. The molecule has 0 amide bonds. The lowest BCUT2D eigenvalue weighted by Crippen LogP contribution is -2.15. The minimum Gasteiger partial charge on any atom is -0.480 e. The van der Waals surface area contributed by atoms with E-state index in [0.717, 1.165) is 0 Å². The summed E-state index contributed by atoms with van der Waals surface area (Å²) < 4.78 is 43.7. The molecule has 1 N–H and O–H groups in total. The molecular weight excluding hydrogens is 404 g/mol. The first-order valence-electron chi connectivity index (χ1n) is 6.78. The number of aliphatic carboxylic acids is 1. The van der Waals surface area contributed by atoms with Crippen LogP contribution in [0.4, 0.5) is 13.2 Å². The number of ether oxygens (including phenoxy) is 1. The van der Waals surface area contributed by atoms with E-state index in [1.54, 1.807) is 12.1 Å². The van der Waals surface area contributed by atoms with Gasteiger partial charge in [-0.1, -0.05) is 35.3 Å². The Balaban J connectivity index is 2.27. The molecule has 2 aromatic carbocycles. The van der Waals surface area contributed by atoms with Crippen LogP contribution < -0.4 is 4.74 Å². The molecule has 1 unspecified atom stereocenters. The molecule has 2 rings (SSSR count). The summed E-state index contributed by atoms with van der Waals surface area (Å²) in [6.07, 6.45) is -4.54. The highest BCUT2D eigenvalue weighted by Crippen LogP contribution is 2.41. The van der Waals surface area contributed by atoms with Crippen molar-refractivity contribution in [3.8, 4) is 11.5 Å². The zero-order chi connectivity index (χ0) is 18.8. The van der Waals surface area contributed by atoms with Gasteiger partial charge in [-0.3, -0.25) is 4.79 Å². The van der Waals surface area contributed by atoms with Crippen molar-refractivity contribution in [1.29, 1.82) is 0 Å². The summed E-state index contributed by atoms with van der Waals surface area (Å²) in [5.41, 5.74) is -0.422. The first kappa shape index (κ1) is 19.7. The van der Waals surface area contributed by atoms with E-state index in [0.29, 0.717) is 17.7 Å². The molecule has 0 radical (unpaired) electrons. The zero-order valence-electron chi connectivity index (χ0n) is 12.3. The van der Waals surface area contributed by atoms with Crippen LogP contribution in [0.3, 0.4) is 0 Å². The number of hydrogen-bond donors (Lipinski definition) is 1. The molecule has 0 aromatic heterocycles. The Kier molecular flexibility index (Phi) is 6.08. The minimum atomic E-state index is -4.59. The summed E-state index contributed by atoms with van der Waals surface area (Å²) in [4.78, 5) is 10.8. The van der Waals surface area contributed by atoms with Crippen LogP contribution in [0.1, 0.15) is 11.1 Å². The van der Waals surface area contributed by atoms with Crippen molar-refractivity contribution in [1.82, 2.24) is 0 Å². The molecule has 0 heterocycles. The number of halogens is 6. The molecule has 25 heavy (non-hydrogen) atoms. The van der Waals surface area contributed by atoms with Crippen LogP contribution in [-0.2, 0) is 17.4 Å². The lowest BCUT2D eigenvalue weighted by molar-refractivity contribution is -0.138. The molecular formula is C16H10Cl3F3O3. The third-order valence-electron chi connectivity index (χ3n) is 3.13. The van der Waals surface area contributed by atoms with Crippen molar-refractivity contribution in [3.05, 3.63) is 57.6 Å². The number of carboxylic acid groups (broad SMARTS) is 1. The predicted octanol–water partition coefficient (Wildman–Crippen LogP) is 6.04. The normalized spacial score (nSPS) is 12.7. The fraction of sp³-hybridized carbons (Fsp3) is 0.188. The predicted molar refractivity (Wildman–Crippen MR) is 89.0 cm³/mol. The number of rotatable bonds is 5. The van der Waals surface area contributed by atoms with Gasteiger partial charge in [0.15, 0.2) is 5.75 Å². The van der Waals surface area contributed by atoms with Crippen molar-refractivity contribution in [2.24, 2.45) is 0 Å². The average molecular weight is 414 g/mol. The Morgan fingerprint density at radius 1 is 1.16 bits per heavy atom. The first-order valence-corrected chi connectivity index (χ1v) is 7.97. The molecule has 0 fully saturated rings. The summed E-state index contributed by atoms with van der Waals surface area (Å²) in [6, 6.07) is 7.68. The van der Waals surface area contributed by atoms with Gasteiger partial charge in [-0.05, 0) is 36.2 Å². The van der Waals surface area contributed by atoms with Crippen molar-refractivity contribution < 1.29 is 27.8 Å². The Labute approximate surface area is 155 Å². The van der Waals surface area contributed by atoms with E-state index < -0.39 is 23.1 Å². The molecule has 1 atom stereocenters. The Hall–Kier alpha value is -1.63. The molecule has 9 heteroatoms. The highest BCUT2D eigenvalue weighted by Gasteiger charge is 2.32. The minimum absolute atomic E-state index is 0.0442. The topological polar surface area (TPSA) is 46.5 Å². The molecule has 0 spiro atoms. The maximum atomic E-state index is 12.7. The lowest BCUT2D eigenvalue weighted by Gasteiger charge is -2.14. The largest absolute Gasteiger partial charge is 0.480 e. The Morgan fingerprint density at radius 3 is 2.28 bits per heavy atom. The number of alkyl halides is 4. The average Bonchev–Trinajstić information content (AvgIpc) is 2.50. The third-order valence-corrected chi connectivity index (χ3v) is 4.03. The van der Waals surface area contributed by atoms with E-state index in [2.05, 4.69) is 0 Å². The smallest absolute Gasteiger partial charge is 0.416 e. The molecule has 134 valence electrons.